The van der Waals surface area contributed by atoms with Gasteiger partial charge in [0.25, 0.3) is 11.8 Å². The fraction of sp³-hybridized carbons (Fsp3) is 0.304. The molecule has 2 N–H and O–H groups in total. The lowest BCUT2D eigenvalue weighted by atomic mass is 10.1. The Labute approximate surface area is 188 Å². The highest BCUT2D eigenvalue weighted by Gasteiger charge is 2.19. The number of nitrogens with one attached hydrogen (secondary N) is 2. The molecule has 0 saturated carbocycles. The second-order valence-corrected chi connectivity index (χ2v) is 9.38. The van der Waals surface area contributed by atoms with E-state index in [1.807, 2.05) is 0 Å². The Balaban J connectivity index is 1.70. The lowest BCUT2D eigenvalue weighted by molar-refractivity contribution is 0.0858. The minimum Gasteiger partial charge on any atom is -0.376 e. The summed E-state index contributed by atoms with van der Waals surface area (Å²) in [5, 5.41) is 5.62. The van der Waals surface area contributed by atoms with E-state index in [2.05, 4.69) is 17.2 Å². The minimum absolute atomic E-state index is 0.0202. The van der Waals surface area contributed by atoms with Gasteiger partial charge in [0.1, 0.15) is 0 Å². The zero-order valence-corrected chi connectivity index (χ0v) is 18.7. The molecule has 2 aromatic rings. The van der Waals surface area contributed by atoms with Crippen LogP contribution in [-0.4, -0.2) is 52.3 Å². The first-order valence-electron chi connectivity index (χ1n) is 10.3. The topological polar surface area (TPSA) is 105 Å². The number of nitrogens with zero attached hydrogens (tertiary/aromatic N) is 1. The van der Waals surface area contributed by atoms with Crippen molar-refractivity contribution < 1.29 is 22.7 Å². The average Bonchev–Trinajstić information content (AvgIpc) is 3.29. The Morgan fingerprint density at radius 2 is 1.88 bits per heavy atom. The number of ether oxygens (including phenoxy) is 1. The van der Waals surface area contributed by atoms with Gasteiger partial charge in [-0.3, -0.25) is 13.9 Å². The molecule has 0 aromatic heterocycles. The van der Waals surface area contributed by atoms with Crippen molar-refractivity contribution >= 4 is 33.2 Å². The third-order valence-corrected chi connectivity index (χ3v) is 6.21. The average molecular weight is 458 g/mol. The molecule has 32 heavy (non-hydrogen) atoms. The molecule has 2 amide bonds. The minimum atomic E-state index is -3.48. The lowest BCUT2D eigenvalue weighted by Crippen LogP contribution is -2.32. The van der Waals surface area contributed by atoms with Crippen LogP contribution in [0.2, 0.25) is 0 Å². The van der Waals surface area contributed by atoms with Crippen molar-refractivity contribution in [2.75, 3.05) is 35.6 Å². The number of hydrogen-bond donors (Lipinski definition) is 2. The Hall–Kier alpha value is -3.17. The molecule has 1 aliphatic rings. The summed E-state index contributed by atoms with van der Waals surface area (Å²) >= 11 is 0. The zero-order chi connectivity index (χ0) is 23.1. The molecular formula is C23H27N3O5S. The van der Waals surface area contributed by atoms with Gasteiger partial charge in [-0.15, -0.1) is 6.58 Å². The highest BCUT2D eigenvalue weighted by molar-refractivity contribution is 7.92. The number of benzene rings is 2. The molecule has 0 aliphatic carbocycles. The van der Waals surface area contributed by atoms with Crippen molar-refractivity contribution in [2.24, 2.45) is 0 Å². The number of sulfonamides is 1. The monoisotopic (exact) mass is 457 g/mol. The molecule has 3 rings (SSSR count). The summed E-state index contributed by atoms with van der Waals surface area (Å²) in [7, 11) is -3.48. The Bertz CT molecular complexity index is 1080. The third kappa shape index (κ3) is 5.95. The Kier molecular flexibility index (Phi) is 7.66. The van der Waals surface area contributed by atoms with E-state index < -0.39 is 15.9 Å². The summed E-state index contributed by atoms with van der Waals surface area (Å²) in [4.78, 5) is 25.4. The molecule has 0 bridgehead atoms. The lowest BCUT2D eigenvalue weighted by Gasteiger charge is -2.20. The molecular weight excluding hydrogens is 430 g/mol. The van der Waals surface area contributed by atoms with Crippen LogP contribution < -0.4 is 14.9 Å². The molecule has 0 spiro atoms. The van der Waals surface area contributed by atoms with E-state index in [0.29, 0.717) is 35.7 Å². The molecule has 1 atom stereocenters. The van der Waals surface area contributed by atoms with E-state index in [9.17, 15) is 18.0 Å². The maximum atomic E-state index is 12.7. The second kappa shape index (κ2) is 10.4. The van der Waals surface area contributed by atoms with Crippen molar-refractivity contribution in [1.29, 1.82) is 0 Å². The summed E-state index contributed by atoms with van der Waals surface area (Å²) in [6.45, 7) is 4.83. The highest BCUT2D eigenvalue weighted by Crippen LogP contribution is 2.21. The zero-order valence-electron chi connectivity index (χ0n) is 17.9. The molecule has 1 fully saturated rings. The summed E-state index contributed by atoms with van der Waals surface area (Å²) in [6.07, 6.45) is 4.52. The van der Waals surface area contributed by atoms with Gasteiger partial charge < -0.3 is 15.4 Å². The van der Waals surface area contributed by atoms with Crippen LogP contribution in [0.5, 0.6) is 0 Å². The number of para-hydroxylation sites is 1. The van der Waals surface area contributed by atoms with Crippen LogP contribution in [0.3, 0.4) is 0 Å². The normalized spacial score (nSPS) is 15.7. The standard InChI is InChI=1S/C23H27N3O5S/c1-3-14-26(32(2,29)30)18-12-10-17(11-13-18)22(27)25-21-9-5-4-8-20(21)23(28)24-16-19-7-6-15-31-19/h3-5,8-13,19H,1,6-7,14-16H2,2H3,(H,24,28)(H,25,27)/t19-/m0/s1. The van der Waals surface area contributed by atoms with Crippen molar-refractivity contribution in [3.05, 3.63) is 72.3 Å². The van der Waals surface area contributed by atoms with Crippen molar-refractivity contribution in [1.82, 2.24) is 5.32 Å². The van der Waals surface area contributed by atoms with Gasteiger partial charge in [0, 0.05) is 18.7 Å². The van der Waals surface area contributed by atoms with Crippen molar-refractivity contribution in [3.63, 3.8) is 0 Å². The van der Waals surface area contributed by atoms with E-state index in [0.717, 1.165) is 19.1 Å². The Morgan fingerprint density at radius 3 is 2.50 bits per heavy atom. The van der Waals surface area contributed by atoms with E-state index in [-0.39, 0.29) is 18.6 Å². The molecule has 1 aliphatic heterocycles. The molecule has 8 nitrogen and oxygen atoms in total. The third-order valence-electron chi connectivity index (χ3n) is 5.05. The number of hydrogen-bond acceptors (Lipinski definition) is 5. The largest absolute Gasteiger partial charge is 0.376 e. The number of amides is 2. The summed E-state index contributed by atoms with van der Waals surface area (Å²) in [6, 6.07) is 12.9. The predicted molar refractivity (Wildman–Crippen MR) is 125 cm³/mol. The van der Waals surface area contributed by atoms with Gasteiger partial charge in [-0.2, -0.15) is 0 Å². The first kappa shape index (κ1) is 23.5. The van der Waals surface area contributed by atoms with Gasteiger partial charge >= 0.3 is 0 Å². The Morgan fingerprint density at radius 1 is 1.16 bits per heavy atom. The molecule has 1 saturated heterocycles. The molecule has 2 aromatic carbocycles. The maximum Gasteiger partial charge on any atom is 0.255 e. The summed E-state index contributed by atoms with van der Waals surface area (Å²) in [5.41, 5.74) is 1.49. The number of carbonyl (C=O) groups excluding carboxylic acids is 2. The number of anilines is 2. The van der Waals surface area contributed by atoms with Gasteiger partial charge in [-0.25, -0.2) is 8.42 Å². The fourth-order valence-electron chi connectivity index (χ4n) is 3.42. The molecule has 0 radical (unpaired) electrons. The van der Waals surface area contributed by atoms with E-state index >= 15 is 0 Å². The predicted octanol–water partition coefficient (Wildman–Crippen LogP) is 2.80. The first-order chi connectivity index (χ1) is 15.3. The van der Waals surface area contributed by atoms with E-state index in [1.165, 1.54) is 22.5 Å². The van der Waals surface area contributed by atoms with E-state index in [4.69, 9.17) is 4.74 Å². The van der Waals surface area contributed by atoms with Crippen LogP contribution in [-0.2, 0) is 14.8 Å². The van der Waals surface area contributed by atoms with Crippen LogP contribution in [0, 0.1) is 0 Å². The van der Waals surface area contributed by atoms with Crippen molar-refractivity contribution in [2.45, 2.75) is 18.9 Å². The molecule has 0 unspecified atom stereocenters. The highest BCUT2D eigenvalue weighted by atomic mass is 32.2. The van der Waals surface area contributed by atoms with Gasteiger partial charge in [-0.05, 0) is 49.2 Å². The van der Waals surface area contributed by atoms with Crippen LogP contribution >= 0.6 is 0 Å². The van der Waals surface area contributed by atoms with Gasteiger partial charge in [0.15, 0.2) is 0 Å². The van der Waals surface area contributed by atoms with Crippen LogP contribution in [0.15, 0.2) is 61.2 Å². The number of carbonyl (C=O) groups is 2. The summed E-state index contributed by atoms with van der Waals surface area (Å²) < 4.78 is 30.7. The fourth-order valence-corrected chi connectivity index (χ4v) is 4.30. The molecule has 1 heterocycles. The molecule has 170 valence electrons. The van der Waals surface area contributed by atoms with Crippen LogP contribution in [0.1, 0.15) is 33.6 Å². The van der Waals surface area contributed by atoms with Crippen molar-refractivity contribution in [3.8, 4) is 0 Å². The second-order valence-electron chi connectivity index (χ2n) is 7.47. The smallest absolute Gasteiger partial charge is 0.255 e. The van der Waals surface area contributed by atoms with Gasteiger partial charge in [0.05, 0.1) is 35.8 Å². The van der Waals surface area contributed by atoms with E-state index in [1.54, 1.807) is 36.4 Å². The van der Waals surface area contributed by atoms with Gasteiger partial charge in [0.2, 0.25) is 10.0 Å². The molecule has 9 heteroatoms. The van der Waals surface area contributed by atoms with Crippen LogP contribution in [0.4, 0.5) is 11.4 Å². The maximum absolute atomic E-state index is 12.7. The quantitative estimate of drug-likeness (QED) is 0.564. The van der Waals surface area contributed by atoms with Gasteiger partial charge in [-0.1, -0.05) is 18.2 Å². The first-order valence-corrected chi connectivity index (χ1v) is 12.1. The summed E-state index contributed by atoms with van der Waals surface area (Å²) in [5.74, 6) is -0.703. The number of rotatable bonds is 9. The SMILES string of the molecule is C=CCN(c1ccc(C(=O)Nc2ccccc2C(=O)NC[C@@H]2CCCO2)cc1)S(C)(=O)=O. The van der Waals surface area contributed by atoms with Crippen LogP contribution in [0.25, 0.3) is 0 Å².